The number of fused-ring (bicyclic) bond motifs is 1. The molecule has 10 heteroatoms. The van der Waals surface area contributed by atoms with E-state index in [1.54, 1.807) is 25.3 Å². The fourth-order valence-electron chi connectivity index (χ4n) is 3.94. The van der Waals surface area contributed by atoms with Crippen LogP contribution in [-0.4, -0.2) is 52.9 Å². The molecule has 1 saturated heterocycles. The summed E-state index contributed by atoms with van der Waals surface area (Å²) in [6, 6.07) is 7.48. The Kier molecular flexibility index (Phi) is 5.95. The van der Waals surface area contributed by atoms with Gasteiger partial charge in [0.25, 0.3) is 5.69 Å². The largest absolute Gasteiger partial charge is 0.368 e. The third-order valence-corrected chi connectivity index (χ3v) is 5.74. The van der Waals surface area contributed by atoms with Gasteiger partial charge < -0.3 is 10.2 Å². The van der Waals surface area contributed by atoms with Crippen LogP contribution in [0, 0.1) is 21.7 Å². The molecule has 1 fully saturated rings. The van der Waals surface area contributed by atoms with Crippen LogP contribution in [0.1, 0.15) is 6.92 Å². The van der Waals surface area contributed by atoms with Crippen molar-refractivity contribution in [2.45, 2.75) is 13.0 Å². The highest BCUT2D eigenvalue weighted by atomic mass is 19.1. The van der Waals surface area contributed by atoms with Crippen LogP contribution in [0.2, 0.25) is 0 Å². The molecule has 166 valence electrons. The van der Waals surface area contributed by atoms with E-state index in [0.29, 0.717) is 31.6 Å². The second-order valence-corrected chi connectivity index (χ2v) is 7.59. The van der Waals surface area contributed by atoms with Gasteiger partial charge >= 0.3 is 0 Å². The normalized spacial score (nSPS) is 15.5. The zero-order valence-electron chi connectivity index (χ0n) is 17.3. The van der Waals surface area contributed by atoms with Gasteiger partial charge in [0, 0.05) is 61.8 Å². The first-order valence-electron chi connectivity index (χ1n) is 10.1. The number of benzene rings is 2. The highest BCUT2D eigenvalue weighted by molar-refractivity contribution is 5.99. The van der Waals surface area contributed by atoms with Gasteiger partial charge in [0.05, 0.1) is 22.0 Å². The van der Waals surface area contributed by atoms with Gasteiger partial charge in [-0.25, -0.2) is 8.78 Å². The van der Waals surface area contributed by atoms with E-state index in [1.807, 2.05) is 4.90 Å². The van der Waals surface area contributed by atoms with Gasteiger partial charge in [-0.15, -0.1) is 0 Å². The van der Waals surface area contributed by atoms with Gasteiger partial charge in [-0.05, 0) is 31.2 Å². The Morgan fingerprint density at radius 2 is 1.88 bits per heavy atom. The molecule has 0 bridgehead atoms. The Bertz CT molecular complexity index is 1180. The number of nitro groups is 1. The Hall–Kier alpha value is -3.66. The number of aromatic nitrogens is 1. The monoisotopic (exact) mass is 441 g/mol. The number of nitrogens with zero attached hydrogens (tertiary/aromatic N) is 4. The van der Waals surface area contributed by atoms with Crippen LogP contribution in [0.5, 0.6) is 0 Å². The molecule has 4 rings (SSSR count). The summed E-state index contributed by atoms with van der Waals surface area (Å²) in [7, 11) is 0. The first-order valence-corrected chi connectivity index (χ1v) is 10.1. The lowest BCUT2D eigenvalue weighted by Gasteiger charge is -2.38. The van der Waals surface area contributed by atoms with Crippen molar-refractivity contribution in [1.29, 1.82) is 0 Å². The standard InChI is InChI=1S/C22H21F2N5O3/c1-14(22(30)26-19-3-2-15(23)12-18(19)24)27-8-10-28(11-9-27)20-4-5-21(29(31)32)17-13-25-7-6-16(17)20/h2-7,12-14H,8-11H2,1H3,(H,26,30)/t14-/m0/s1. The number of halogens is 2. The number of carbonyl (C=O) groups is 1. The number of anilines is 2. The minimum absolute atomic E-state index is 0.00815. The molecule has 1 aromatic heterocycles. The Balaban J connectivity index is 1.44. The SMILES string of the molecule is C[C@@H](C(=O)Nc1ccc(F)cc1F)N1CCN(c2ccc([N+](=O)[O-])c3cnccc23)CC1. The van der Waals surface area contributed by atoms with Gasteiger partial charge in [-0.3, -0.25) is 24.8 Å². The lowest BCUT2D eigenvalue weighted by atomic mass is 10.1. The summed E-state index contributed by atoms with van der Waals surface area (Å²) in [6.45, 7) is 4.10. The molecule has 1 aliphatic heterocycles. The molecule has 32 heavy (non-hydrogen) atoms. The maximum Gasteiger partial charge on any atom is 0.278 e. The third kappa shape index (κ3) is 4.22. The topological polar surface area (TPSA) is 91.6 Å². The van der Waals surface area contributed by atoms with E-state index < -0.39 is 22.6 Å². The summed E-state index contributed by atoms with van der Waals surface area (Å²) < 4.78 is 26.9. The van der Waals surface area contributed by atoms with E-state index in [0.717, 1.165) is 23.2 Å². The van der Waals surface area contributed by atoms with Crippen LogP contribution in [0.25, 0.3) is 10.8 Å². The molecule has 1 amide bonds. The lowest BCUT2D eigenvalue weighted by molar-refractivity contribution is -0.383. The van der Waals surface area contributed by atoms with Crippen molar-refractivity contribution in [3.8, 4) is 0 Å². The average molecular weight is 441 g/mol. The molecule has 0 unspecified atom stereocenters. The summed E-state index contributed by atoms with van der Waals surface area (Å²) in [4.78, 5) is 31.6. The van der Waals surface area contributed by atoms with Gasteiger partial charge in [0.1, 0.15) is 11.6 Å². The number of nitro benzene ring substituents is 1. The average Bonchev–Trinajstić information content (AvgIpc) is 2.79. The number of hydrogen-bond acceptors (Lipinski definition) is 6. The highest BCUT2D eigenvalue weighted by Gasteiger charge is 2.27. The van der Waals surface area contributed by atoms with Crippen molar-refractivity contribution in [3.63, 3.8) is 0 Å². The Morgan fingerprint density at radius 3 is 2.56 bits per heavy atom. The van der Waals surface area contributed by atoms with Crippen molar-refractivity contribution in [2.75, 3.05) is 36.4 Å². The van der Waals surface area contributed by atoms with Crippen molar-refractivity contribution in [1.82, 2.24) is 9.88 Å². The van der Waals surface area contributed by atoms with E-state index in [-0.39, 0.29) is 17.3 Å². The van der Waals surface area contributed by atoms with E-state index in [2.05, 4.69) is 15.2 Å². The van der Waals surface area contributed by atoms with Crippen LogP contribution in [0.4, 0.5) is 25.8 Å². The van der Waals surface area contributed by atoms with Crippen molar-refractivity contribution in [3.05, 3.63) is 70.5 Å². The number of piperazine rings is 1. The molecule has 2 aromatic carbocycles. The molecule has 8 nitrogen and oxygen atoms in total. The second kappa shape index (κ2) is 8.83. The Labute approximate surface area is 182 Å². The molecule has 0 saturated carbocycles. The van der Waals surface area contributed by atoms with Crippen LogP contribution in [0.3, 0.4) is 0 Å². The molecule has 3 aromatic rings. The number of non-ortho nitro benzene ring substituents is 1. The first-order chi connectivity index (χ1) is 15.3. The molecule has 2 heterocycles. The molecule has 0 aliphatic carbocycles. The number of carbonyl (C=O) groups excluding carboxylic acids is 1. The fourth-order valence-corrected chi connectivity index (χ4v) is 3.94. The van der Waals surface area contributed by atoms with Crippen LogP contribution in [0.15, 0.2) is 48.8 Å². The number of amides is 1. The summed E-state index contributed by atoms with van der Waals surface area (Å²) >= 11 is 0. The van der Waals surface area contributed by atoms with Crippen LogP contribution in [-0.2, 0) is 4.79 Å². The predicted octanol–water partition coefficient (Wildman–Crippen LogP) is 3.57. The van der Waals surface area contributed by atoms with Crippen molar-refractivity contribution in [2.24, 2.45) is 0 Å². The summed E-state index contributed by atoms with van der Waals surface area (Å²) in [6.07, 6.45) is 3.10. The smallest absolute Gasteiger partial charge is 0.278 e. The highest BCUT2D eigenvalue weighted by Crippen LogP contribution is 2.33. The van der Waals surface area contributed by atoms with Crippen LogP contribution >= 0.6 is 0 Å². The van der Waals surface area contributed by atoms with E-state index in [9.17, 15) is 23.7 Å². The second-order valence-electron chi connectivity index (χ2n) is 7.59. The quantitative estimate of drug-likeness (QED) is 0.481. The Morgan fingerprint density at radius 1 is 1.12 bits per heavy atom. The van der Waals surface area contributed by atoms with E-state index in [1.165, 1.54) is 18.3 Å². The number of hydrogen-bond donors (Lipinski definition) is 1. The number of nitrogens with one attached hydrogen (secondary N) is 1. The summed E-state index contributed by atoms with van der Waals surface area (Å²) in [5.41, 5.74) is 0.819. The van der Waals surface area contributed by atoms with Crippen LogP contribution < -0.4 is 10.2 Å². The van der Waals surface area contributed by atoms with Crippen molar-refractivity contribution >= 4 is 33.7 Å². The van der Waals surface area contributed by atoms with Gasteiger partial charge in [-0.2, -0.15) is 0 Å². The molecule has 0 spiro atoms. The molecule has 1 atom stereocenters. The minimum atomic E-state index is -0.824. The molecular formula is C22H21F2N5O3. The van der Waals surface area contributed by atoms with Gasteiger partial charge in [0.2, 0.25) is 5.91 Å². The van der Waals surface area contributed by atoms with Gasteiger partial charge in [-0.1, -0.05) is 0 Å². The summed E-state index contributed by atoms with van der Waals surface area (Å²) in [5.74, 6) is -1.91. The van der Waals surface area contributed by atoms with E-state index >= 15 is 0 Å². The van der Waals surface area contributed by atoms with Crippen molar-refractivity contribution < 1.29 is 18.5 Å². The number of rotatable bonds is 5. The molecular weight excluding hydrogens is 420 g/mol. The van der Waals surface area contributed by atoms with E-state index in [4.69, 9.17) is 0 Å². The third-order valence-electron chi connectivity index (χ3n) is 5.74. The molecule has 1 aliphatic rings. The number of pyridine rings is 1. The zero-order valence-corrected chi connectivity index (χ0v) is 17.3. The lowest BCUT2D eigenvalue weighted by Crippen LogP contribution is -2.52. The zero-order chi connectivity index (χ0) is 22.8. The summed E-state index contributed by atoms with van der Waals surface area (Å²) in [5, 5.41) is 15.1. The maximum atomic E-state index is 13.8. The minimum Gasteiger partial charge on any atom is -0.368 e. The maximum absolute atomic E-state index is 13.8. The fraction of sp³-hybridized carbons (Fsp3) is 0.273. The van der Waals surface area contributed by atoms with Gasteiger partial charge in [0.15, 0.2) is 0 Å². The first kappa shape index (κ1) is 21.6. The molecule has 0 radical (unpaired) electrons. The molecule has 1 N–H and O–H groups in total. The predicted molar refractivity (Wildman–Crippen MR) is 117 cm³/mol.